The summed E-state index contributed by atoms with van der Waals surface area (Å²) in [6.45, 7) is 7.34. The smallest absolute Gasteiger partial charge is 0.264 e. The van der Waals surface area contributed by atoms with E-state index in [2.05, 4.69) is 5.32 Å². The molecule has 0 spiro atoms. The van der Waals surface area contributed by atoms with E-state index >= 15 is 0 Å². The Bertz CT molecular complexity index is 1530. The molecule has 0 saturated carbocycles. The normalized spacial score (nSPS) is 11.9. The molecule has 0 saturated heterocycles. The maximum absolute atomic E-state index is 14.2. The van der Waals surface area contributed by atoms with E-state index in [1.54, 1.807) is 43.3 Å². The standard InChI is InChI=1S/C32H40ClN3O6S/c1-7-8-14-34-32(38)24(4)35(20-25-10-9-11-26(33)18-25)31(37)21-36(27-16-22(2)15-23(3)17-27)43(39,40)28-12-13-29(41-5)30(19-28)42-6/h9-13,15-19,24H,7-8,14,20-21H2,1-6H3,(H,34,38)/t24-/m0/s1. The van der Waals surface area contributed by atoms with Gasteiger partial charge in [-0.2, -0.15) is 0 Å². The average molecular weight is 630 g/mol. The number of nitrogens with zero attached hydrogens (tertiary/aromatic N) is 2. The molecule has 1 atom stereocenters. The van der Waals surface area contributed by atoms with Crippen LogP contribution in [-0.2, 0) is 26.2 Å². The predicted octanol–water partition coefficient (Wildman–Crippen LogP) is 5.50. The molecule has 43 heavy (non-hydrogen) atoms. The van der Waals surface area contributed by atoms with E-state index in [0.717, 1.165) is 28.3 Å². The number of hydrogen-bond acceptors (Lipinski definition) is 6. The van der Waals surface area contributed by atoms with Gasteiger partial charge >= 0.3 is 0 Å². The molecule has 0 aliphatic carbocycles. The van der Waals surface area contributed by atoms with Gasteiger partial charge in [-0.15, -0.1) is 0 Å². The lowest BCUT2D eigenvalue weighted by atomic mass is 10.1. The van der Waals surface area contributed by atoms with Crippen molar-refractivity contribution in [3.8, 4) is 11.5 Å². The summed E-state index contributed by atoms with van der Waals surface area (Å²) in [5, 5.41) is 3.36. The maximum Gasteiger partial charge on any atom is 0.264 e. The van der Waals surface area contributed by atoms with Crippen molar-refractivity contribution in [1.29, 1.82) is 0 Å². The van der Waals surface area contributed by atoms with Gasteiger partial charge in [0.2, 0.25) is 11.8 Å². The number of anilines is 1. The lowest BCUT2D eigenvalue weighted by Gasteiger charge is -2.32. The maximum atomic E-state index is 14.2. The molecule has 3 rings (SSSR count). The number of sulfonamides is 1. The van der Waals surface area contributed by atoms with Gasteiger partial charge in [0, 0.05) is 24.2 Å². The molecule has 0 aliphatic rings. The molecule has 0 aliphatic heterocycles. The largest absolute Gasteiger partial charge is 0.493 e. The molecule has 9 nitrogen and oxygen atoms in total. The van der Waals surface area contributed by atoms with Crippen molar-refractivity contribution < 1.29 is 27.5 Å². The van der Waals surface area contributed by atoms with Crippen LogP contribution in [0, 0.1) is 13.8 Å². The number of rotatable bonds is 14. The van der Waals surface area contributed by atoms with Gasteiger partial charge in [-0.1, -0.05) is 43.1 Å². The average Bonchev–Trinajstić information content (AvgIpc) is 2.97. The number of halogens is 1. The van der Waals surface area contributed by atoms with Gasteiger partial charge in [0.25, 0.3) is 10.0 Å². The molecule has 232 valence electrons. The van der Waals surface area contributed by atoms with Crippen molar-refractivity contribution in [2.75, 3.05) is 31.6 Å². The molecular formula is C32H40ClN3O6S. The Morgan fingerprint density at radius 3 is 2.23 bits per heavy atom. The SMILES string of the molecule is CCCCNC(=O)[C@H](C)N(Cc1cccc(Cl)c1)C(=O)CN(c1cc(C)cc(C)c1)S(=O)(=O)c1ccc(OC)c(OC)c1. The molecule has 11 heteroatoms. The fraction of sp³-hybridized carbons (Fsp3) is 0.375. The summed E-state index contributed by atoms with van der Waals surface area (Å²) in [5.41, 5.74) is 2.68. The number of unbranched alkanes of at least 4 members (excludes halogenated alkanes) is 1. The Morgan fingerprint density at radius 2 is 1.63 bits per heavy atom. The minimum Gasteiger partial charge on any atom is -0.493 e. The van der Waals surface area contributed by atoms with Crippen LogP contribution in [0.5, 0.6) is 11.5 Å². The molecule has 1 N–H and O–H groups in total. The first-order valence-electron chi connectivity index (χ1n) is 14.1. The fourth-order valence-electron chi connectivity index (χ4n) is 4.68. The number of amides is 2. The topological polar surface area (TPSA) is 105 Å². The van der Waals surface area contributed by atoms with Crippen LogP contribution in [0.1, 0.15) is 43.4 Å². The molecule has 3 aromatic carbocycles. The minimum absolute atomic E-state index is 0.0544. The number of benzene rings is 3. The number of carbonyl (C=O) groups excluding carboxylic acids is 2. The highest BCUT2D eigenvalue weighted by molar-refractivity contribution is 7.92. The van der Waals surface area contributed by atoms with Crippen molar-refractivity contribution in [3.05, 3.63) is 82.4 Å². The van der Waals surface area contributed by atoms with Crippen LogP contribution in [0.25, 0.3) is 0 Å². The zero-order valence-electron chi connectivity index (χ0n) is 25.5. The first kappa shape index (κ1) is 33.7. The number of carbonyl (C=O) groups is 2. The van der Waals surface area contributed by atoms with Crippen molar-refractivity contribution in [2.24, 2.45) is 0 Å². The molecule has 3 aromatic rings. The third kappa shape index (κ3) is 8.64. The molecule has 0 heterocycles. The van der Waals surface area contributed by atoms with Crippen LogP contribution in [0.4, 0.5) is 5.69 Å². The van der Waals surface area contributed by atoms with E-state index < -0.39 is 28.5 Å². The van der Waals surface area contributed by atoms with E-state index in [-0.39, 0.29) is 23.1 Å². The molecule has 2 amide bonds. The lowest BCUT2D eigenvalue weighted by molar-refractivity contribution is -0.139. The summed E-state index contributed by atoms with van der Waals surface area (Å²) in [7, 11) is -1.41. The Kier molecular flexibility index (Phi) is 11.9. The summed E-state index contributed by atoms with van der Waals surface area (Å²) >= 11 is 6.21. The third-order valence-electron chi connectivity index (χ3n) is 6.96. The lowest BCUT2D eigenvalue weighted by Crippen LogP contribution is -2.51. The van der Waals surface area contributed by atoms with Gasteiger partial charge in [-0.05, 0) is 80.3 Å². The highest BCUT2D eigenvalue weighted by Crippen LogP contribution is 2.33. The predicted molar refractivity (Wildman–Crippen MR) is 169 cm³/mol. The van der Waals surface area contributed by atoms with Crippen LogP contribution < -0.4 is 19.1 Å². The van der Waals surface area contributed by atoms with E-state index in [1.165, 1.54) is 37.3 Å². The Hall–Kier alpha value is -3.76. The second-order valence-electron chi connectivity index (χ2n) is 10.3. The van der Waals surface area contributed by atoms with E-state index in [9.17, 15) is 18.0 Å². The van der Waals surface area contributed by atoms with E-state index in [0.29, 0.717) is 28.6 Å². The Balaban J connectivity index is 2.08. The third-order valence-corrected chi connectivity index (χ3v) is 8.96. The molecule has 0 bridgehead atoms. The quantitative estimate of drug-likeness (QED) is 0.236. The number of hydrogen-bond donors (Lipinski definition) is 1. The van der Waals surface area contributed by atoms with Crippen molar-refractivity contribution in [1.82, 2.24) is 10.2 Å². The summed E-state index contributed by atoms with van der Waals surface area (Å²) in [6.07, 6.45) is 1.70. The van der Waals surface area contributed by atoms with Gasteiger partial charge in [0.05, 0.1) is 24.8 Å². The zero-order valence-corrected chi connectivity index (χ0v) is 27.1. The monoisotopic (exact) mass is 629 g/mol. The summed E-state index contributed by atoms with van der Waals surface area (Å²) in [4.78, 5) is 28.6. The summed E-state index contributed by atoms with van der Waals surface area (Å²) in [6, 6.07) is 15.7. The van der Waals surface area contributed by atoms with E-state index in [1.807, 2.05) is 26.8 Å². The second-order valence-corrected chi connectivity index (χ2v) is 12.6. The van der Waals surface area contributed by atoms with Gasteiger partial charge in [0.1, 0.15) is 12.6 Å². The fourth-order valence-corrected chi connectivity index (χ4v) is 6.31. The first-order valence-corrected chi connectivity index (χ1v) is 15.9. The van der Waals surface area contributed by atoms with Gasteiger partial charge in [-0.3, -0.25) is 13.9 Å². The van der Waals surface area contributed by atoms with Crippen molar-refractivity contribution in [3.63, 3.8) is 0 Å². The molecule has 0 fully saturated rings. The highest BCUT2D eigenvalue weighted by atomic mass is 35.5. The van der Waals surface area contributed by atoms with Crippen LogP contribution in [-0.4, -0.2) is 58.5 Å². The molecule has 0 radical (unpaired) electrons. The number of nitrogens with one attached hydrogen (secondary N) is 1. The molecule has 0 unspecified atom stereocenters. The van der Waals surface area contributed by atoms with Crippen LogP contribution in [0.3, 0.4) is 0 Å². The first-order chi connectivity index (χ1) is 20.4. The number of methoxy groups -OCH3 is 2. The van der Waals surface area contributed by atoms with Crippen molar-refractivity contribution in [2.45, 2.75) is 58.0 Å². The Morgan fingerprint density at radius 1 is 0.953 bits per heavy atom. The molecule has 0 aromatic heterocycles. The van der Waals surface area contributed by atoms with Crippen LogP contribution in [0.2, 0.25) is 5.02 Å². The summed E-state index contributed by atoms with van der Waals surface area (Å²) in [5.74, 6) is -0.285. The number of ether oxygens (including phenoxy) is 2. The van der Waals surface area contributed by atoms with Gasteiger partial charge in [0.15, 0.2) is 11.5 Å². The van der Waals surface area contributed by atoms with Crippen LogP contribution >= 0.6 is 11.6 Å². The minimum atomic E-state index is -4.29. The number of aryl methyl sites for hydroxylation is 2. The molecular weight excluding hydrogens is 590 g/mol. The van der Waals surface area contributed by atoms with Crippen LogP contribution in [0.15, 0.2) is 65.6 Å². The van der Waals surface area contributed by atoms with Gasteiger partial charge < -0.3 is 19.7 Å². The Labute approximate surface area is 259 Å². The highest BCUT2D eigenvalue weighted by Gasteiger charge is 2.33. The van der Waals surface area contributed by atoms with Crippen molar-refractivity contribution >= 4 is 39.1 Å². The zero-order chi connectivity index (χ0) is 31.7. The summed E-state index contributed by atoms with van der Waals surface area (Å²) < 4.78 is 40.2. The van der Waals surface area contributed by atoms with E-state index in [4.69, 9.17) is 21.1 Å². The van der Waals surface area contributed by atoms with Gasteiger partial charge in [-0.25, -0.2) is 8.42 Å². The second kappa shape index (κ2) is 15.1.